The van der Waals surface area contributed by atoms with Crippen LogP contribution in [0.5, 0.6) is 0 Å². The summed E-state index contributed by atoms with van der Waals surface area (Å²) in [6.07, 6.45) is 0. The minimum Gasteiger partial charge on any atom is -0.466 e. The first-order chi connectivity index (χ1) is 9.97. The summed E-state index contributed by atoms with van der Waals surface area (Å²) in [7, 11) is 0. The van der Waals surface area contributed by atoms with Crippen LogP contribution in [0.1, 0.15) is 41.6 Å². The Kier molecular flexibility index (Phi) is 3.31. The molecule has 0 aromatic carbocycles. The van der Waals surface area contributed by atoms with E-state index in [2.05, 4.69) is 14.8 Å². The van der Waals surface area contributed by atoms with Crippen LogP contribution in [0.2, 0.25) is 0 Å². The zero-order valence-corrected chi connectivity index (χ0v) is 12.9. The molecule has 0 fully saturated rings. The summed E-state index contributed by atoms with van der Waals surface area (Å²) < 4.78 is 7.61. The van der Waals surface area contributed by atoms with Gasteiger partial charge in [-0.3, -0.25) is 4.79 Å². The first-order valence-electron chi connectivity index (χ1n) is 7.21. The van der Waals surface area contributed by atoms with Gasteiger partial charge >= 0.3 is 0 Å². The Hall–Kier alpha value is -2.11. The van der Waals surface area contributed by atoms with E-state index in [-0.39, 0.29) is 11.8 Å². The van der Waals surface area contributed by atoms with Crippen LogP contribution in [0, 0.1) is 20.8 Å². The van der Waals surface area contributed by atoms with Gasteiger partial charge in [-0.2, -0.15) is 0 Å². The molecular weight excluding hydrogens is 268 g/mol. The van der Waals surface area contributed by atoms with Gasteiger partial charge in [0.15, 0.2) is 5.82 Å². The van der Waals surface area contributed by atoms with E-state index in [1.54, 1.807) is 0 Å². The van der Waals surface area contributed by atoms with Gasteiger partial charge in [-0.05, 0) is 33.8 Å². The quantitative estimate of drug-likeness (QED) is 0.847. The average Bonchev–Trinajstić information content (AvgIpc) is 3.00. The second kappa shape index (κ2) is 5.02. The van der Waals surface area contributed by atoms with Crippen molar-refractivity contribution in [2.75, 3.05) is 6.54 Å². The van der Waals surface area contributed by atoms with Crippen molar-refractivity contribution >= 4 is 5.91 Å². The standard InChI is InChI=1S/C15H20N4O2/c1-9-7-13(11(3)21-9)10(2)15(20)18-5-6-19-12(4)16-17-14(19)8-18/h7,10H,5-6,8H2,1-4H3/t10-/m1/s1. The first kappa shape index (κ1) is 13.9. The van der Waals surface area contributed by atoms with Crippen molar-refractivity contribution in [2.24, 2.45) is 0 Å². The first-order valence-corrected chi connectivity index (χ1v) is 7.21. The molecule has 1 amide bonds. The van der Waals surface area contributed by atoms with Crippen LogP contribution < -0.4 is 0 Å². The van der Waals surface area contributed by atoms with Gasteiger partial charge in [0.25, 0.3) is 0 Å². The van der Waals surface area contributed by atoms with Gasteiger partial charge in [-0.15, -0.1) is 10.2 Å². The Balaban J connectivity index is 1.79. The van der Waals surface area contributed by atoms with Gasteiger partial charge in [0, 0.05) is 18.7 Å². The third-order valence-corrected chi connectivity index (χ3v) is 4.17. The van der Waals surface area contributed by atoms with E-state index in [4.69, 9.17) is 4.42 Å². The van der Waals surface area contributed by atoms with E-state index in [1.165, 1.54) is 0 Å². The summed E-state index contributed by atoms with van der Waals surface area (Å²) in [6.45, 7) is 9.67. The Bertz CT molecular complexity index is 686. The minimum absolute atomic E-state index is 0.116. The van der Waals surface area contributed by atoms with Gasteiger partial charge < -0.3 is 13.9 Å². The van der Waals surface area contributed by atoms with Crippen LogP contribution in [0.4, 0.5) is 0 Å². The lowest BCUT2D eigenvalue weighted by Gasteiger charge is -2.29. The van der Waals surface area contributed by atoms with Crippen LogP contribution >= 0.6 is 0 Å². The number of rotatable bonds is 2. The van der Waals surface area contributed by atoms with E-state index in [9.17, 15) is 4.79 Å². The number of aryl methyl sites for hydroxylation is 3. The lowest BCUT2D eigenvalue weighted by molar-refractivity contribution is -0.134. The maximum absolute atomic E-state index is 12.7. The van der Waals surface area contributed by atoms with Gasteiger partial charge in [0.2, 0.25) is 5.91 Å². The topological polar surface area (TPSA) is 64.2 Å². The highest BCUT2D eigenvalue weighted by atomic mass is 16.3. The van der Waals surface area contributed by atoms with Crippen LogP contribution in [0.15, 0.2) is 10.5 Å². The highest BCUT2D eigenvalue weighted by Gasteiger charge is 2.28. The molecule has 1 atom stereocenters. The lowest BCUT2D eigenvalue weighted by Crippen LogP contribution is -2.40. The number of amides is 1. The lowest BCUT2D eigenvalue weighted by atomic mass is 9.99. The van der Waals surface area contributed by atoms with Crippen LogP contribution in [-0.4, -0.2) is 32.1 Å². The summed E-state index contributed by atoms with van der Waals surface area (Å²) in [5.74, 6) is 3.36. The molecule has 2 aromatic rings. The fourth-order valence-corrected chi connectivity index (χ4v) is 2.98. The minimum atomic E-state index is -0.196. The number of carbonyl (C=O) groups is 1. The number of carbonyl (C=O) groups excluding carboxylic acids is 1. The zero-order valence-electron chi connectivity index (χ0n) is 12.9. The van der Waals surface area contributed by atoms with Crippen molar-refractivity contribution in [3.63, 3.8) is 0 Å². The summed E-state index contributed by atoms with van der Waals surface area (Å²) in [6, 6.07) is 1.95. The molecule has 1 aliphatic heterocycles. The van der Waals surface area contributed by atoms with Crippen molar-refractivity contribution in [1.82, 2.24) is 19.7 Å². The third-order valence-electron chi connectivity index (χ3n) is 4.17. The molecule has 0 radical (unpaired) electrons. The van der Waals surface area contributed by atoms with Crippen molar-refractivity contribution in [3.05, 3.63) is 34.8 Å². The second-order valence-corrected chi connectivity index (χ2v) is 5.67. The van der Waals surface area contributed by atoms with E-state index < -0.39 is 0 Å². The smallest absolute Gasteiger partial charge is 0.230 e. The molecule has 6 nitrogen and oxygen atoms in total. The number of fused-ring (bicyclic) bond motifs is 1. The maximum atomic E-state index is 12.7. The van der Waals surface area contributed by atoms with Gasteiger partial charge in [-0.25, -0.2) is 0 Å². The molecule has 21 heavy (non-hydrogen) atoms. The summed E-state index contributed by atoms with van der Waals surface area (Å²) in [5, 5.41) is 8.22. The predicted molar refractivity (Wildman–Crippen MR) is 76.8 cm³/mol. The molecular formula is C15H20N4O2. The molecule has 0 unspecified atom stereocenters. The molecule has 0 saturated carbocycles. The molecule has 3 rings (SSSR count). The number of aromatic nitrogens is 3. The third kappa shape index (κ3) is 2.34. The van der Waals surface area contributed by atoms with Crippen molar-refractivity contribution < 1.29 is 9.21 Å². The van der Waals surface area contributed by atoms with Crippen molar-refractivity contribution in [2.45, 2.75) is 46.7 Å². The molecule has 0 aliphatic carbocycles. The normalized spacial score (nSPS) is 15.9. The molecule has 1 aliphatic rings. The largest absolute Gasteiger partial charge is 0.466 e. The van der Waals surface area contributed by atoms with Gasteiger partial charge in [0.05, 0.1) is 12.5 Å². The fraction of sp³-hybridized carbons (Fsp3) is 0.533. The zero-order chi connectivity index (χ0) is 15.1. The van der Waals surface area contributed by atoms with Crippen molar-refractivity contribution in [3.8, 4) is 0 Å². The highest BCUT2D eigenvalue weighted by Crippen LogP contribution is 2.26. The summed E-state index contributed by atoms with van der Waals surface area (Å²) in [5.41, 5.74) is 0.973. The van der Waals surface area contributed by atoms with E-state index in [0.29, 0.717) is 13.1 Å². The summed E-state index contributed by atoms with van der Waals surface area (Å²) >= 11 is 0. The van der Waals surface area contributed by atoms with Gasteiger partial charge in [-0.1, -0.05) is 0 Å². The van der Waals surface area contributed by atoms with Crippen LogP contribution in [0.25, 0.3) is 0 Å². The van der Waals surface area contributed by atoms with E-state index in [0.717, 1.165) is 35.3 Å². The SMILES string of the molecule is Cc1cc([C@@H](C)C(=O)N2CCn3c(C)nnc3C2)c(C)o1. The predicted octanol–water partition coefficient (Wildman–Crippen LogP) is 1.94. The Morgan fingerprint density at radius 1 is 1.29 bits per heavy atom. The molecule has 6 heteroatoms. The molecule has 0 bridgehead atoms. The molecule has 112 valence electrons. The van der Waals surface area contributed by atoms with Crippen LogP contribution in [-0.2, 0) is 17.9 Å². The number of furan rings is 1. The monoisotopic (exact) mass is 288 g/mol. The van der Waals surface area contributed by atoms with E-state index >= 15 is 0 Å². The highest BCUT2D eigenvalue weighted by molar-refractivity contribution is 5.83. The van der Waals surface area contributed by atoms with E-state index in [1.807, 2.05) is 38.7 Å². The average molecular weight is 288 g/mol. The molecule has 3 heterocycles. The van der Waals surface area contributed by atoms with Crippen LogP contribution in [0.3, 0.4) is 0 Å². The molecule has 0 spiro atoms. The molecule has 0 N–H and O–H groups in total. The Morgan fingerprint density at radius 3 is 2.71 bits per heavy atom. The Morgan fingerprint density at radius 2 is 2.05 bits per heavy atom. The number of hydrogen-bond donors (Lipinski definition) is 0. The Labute approximate surface area is 123 Å². The number of hydrogen-bond acceptors (Lipinski definition) is 4. The fourth-order valence-electron chi connectivity index (χ4n) is 2.98. The molecule has 0 saturated heterocycles. The second-order valence-electron chi connectivity index (χ2n) is 5.67. The molecule has 2 aromatic heterocycles. The number of nitrogens with zero attached hydrogens (tertiary/aromatic N) is 4. The van der Waals surface area contributed by atoms with Crippen molar-refractivity contribution in [1.29, 1.82) is 0 Å². The van der Waals surface area contributed by atoms with Gasteiger partial charge in [0.1, 0.15) is 17.3 Å². The maximum Gasteiger partial charge on any atom is 0.230 e. The summed E-state index contributed by atoms with van der Waals surface area (Å²) in [4.78, 5) is 14.6.